The van der Waals surface area contributed by atoms with Crippen molar-refractivity contribution in [1.82, 2.24) is 4.98 Å². The normalized spacial score (nSPS) is 22.7. The van der Waals surface area contributed by atoms with Crippen LogP contribution in [-0.4, -0.2) is 35.9 Å². The molecule has 1 aliphatic rings. The second-order valence-corrected chi connectivity index (χ2v) is 3.41. The Labute approximate surface area is 82.3 Å². The van der Waals surface area contributed by atoms with Gasteiger partial charge in [0.2, 0.25) is 0 Å². The van der Waals surface area contributed by atoms with Crippen molar-refractivity contribution in [2.75, 3.05) is 24.6 Å². The zero-order valence-electron chi connectivity index (χ0n) is 8.14. The molecule has 1 aliphatic heterocycles. The number of anilines is 1. The largest absolute Gasteiger partial charge is 0.432 e. The van der Waals surface area contributed by atoms with Crippen LogP contribution in [0.2, 0.25) is 0 Å². The first-order valence-corrected chi connectivity index (χ1v) is 4.71. The average Bonchev–Trinajstić information content (AvgIpc) is 2.66. The Bertz CT molecular complexity index is 300. The molecule has 0 bridgehead atoms. The fourth-order valence-electron chi connectivity index (χ4n) is 1.51. The van der Waals surface area contributed by atoms with Gasteiger partial charge in [0, 0.05) is 13.1 Å². The van der Waals surface area contributed by atoms with Crippen LogP contribution in [0.1, 0.15) is 12.6 Å². The first-order valence-electron chi connectivity index (χ1n) is 4.71. The molecule has 2 rings (SSSR count). The summed E-state index contributed by atoms with van der Waals surface area (Å²) in [5.41, 5.74) is 0.569. The zero-order chi connectivity index (χ0) is 9.97. The van der Waals surface area contributed by atoms with Crippen molar-refractivity contribution >= 4 is 6.01 Å². The second-order valence-electron chi connectivity index (χ2n) is 3.41. The maximum atomic E-state index is 8.84. The summed E-state index contributed by atoms with van der Waals surface area (Å²) in [5, 5.41) is 8.84. The van der Waals surface area contributed by atoms with E-state index in [0.29, 0.717) is 18.3 Å². The summed E-state index contributed by atoms with van der Waals surface area (Å²) in [5.74, 6) is 0. The molecule has 0 saturated carbocycles. The van der Waals surface area contributed by atoms with Gasteiger partial charge in [0.15, 0.2) is 0 Å². The van der Waals surface area contributed by atoms with E-state index in [-0.39, 0.29) is 12.7 Å². The Balaban J connectivity index is 2.06. The molecule has 2 heterocycles. The molecule has 5 nitrogen and oxygen atoms in total. The monoisotopic (exact) mass is 198 g/mol. The van der Waals surface area contributed by atoms with Gasteiger partial charge >= 0.3 is 0 Å². The third-order valence-corrected chi connectivity index (χ3v) is 2.21. The smallest absolute Gasteiger partial charge is 0.297 e. The van der Waals surface area contributed by atoms with Crippen LogP contribution < -0.4 is 4.90 Å². The first-order chi connectivity index (χ1) is 6.79. The Kier molecular flexibility index (Phi) is 2.69. The lowest BCUT2D eigenvalue weighted by atomic mass is 10.3. The SMILES string of the molecule is CC1CN(c2nc(CO)co2)CCO1. The number of nitrogens with zero attached hydrogens (tertiary/aromatic N) is 2. The number of aromatic nitrogens is 1. The van der Waals surface area contributed by atoms with E-state index in [0.717, 1.165) is 13.1 Å². The summed E-state index contributed by atoms with van der Waals surface area (Å²) in [6, 6.07) is 0.573. The van der Waals surface area contributed by atoms with Gasteiger partial charge in [-0.15, -0.1) is 0 Å². The minimum atomic E-state index is -0.0800. The summed E-state index contributed by atoms with van der Waals surface area (Å²) in [6.07, 6.45) is 1.68. The molecule has 1 fully saturated rings. The van der Waals surface area contributed by atoms with Crippen molar-refractivity contribution in [2.45, 2.75) is 19.6 Å². The highest BCUT2D eigenvalue weighted by Gasteiger charge is 2.20. The van der Waals surface area contributed by atoms with Crippen LogP contribution >= 0.6 is 0 Å². The number of ether oxygens (including phenoxy) is 1. The molecule has 78 valence electrons. The Morgan fingerprint density at radius 2 is 2.57 bits per heavy atom. The van der Waals surface area contributed by atoms with Gasteiger partial charge in [0.25, 0.3) is 6.01 Å². The predicted molar refractivity (Wildman–Crippen MR) is 50.1 cm³/mol. The summed E-state index contributed by atoms with van der Waals surface area (Å²) in [7, 11) is 0. The van der Waals surface area contributed by atoms with Gasteiger partial charge in [0.05, 0.1) is 19.3 Å². The Morgan fingerprint density at radius 3 is 3.21 bits per heavy atom. The zero-order valence-corrected chi connectivity index (χ0v) is 8.14. The maximum absolute atomic E-state index is 8.84. The number of aliphatic hydroxyl groups excluding tert-OH is 1. The molecule has 0 aliphatic carbocycles. The number of oxazole rings is 1. The van der Waals surface area contributed by atoms with Gasteiger partial charge in [0.1, 0.15) is 12.0 Å². The molecule has 0 spiro atoms. The third-order valence-electron chi connectivity index (χ3n) is 2.21. The summed E-state index contributed by atoms with van der Waals surface area (Å²) < 4.78 is 10.6. The molecule has 1 aromatic heterocycles. The first kappa shape index (κ1) is 9.48. The molecule has 0 aromatic carbocycles. The number of morpholine rings is 1. The van der Waals surface area contributed by atoms with Gasteiger partial charge in [-0.05, 0) is 6.92 Å². The molecule has 1 atom stereocenters. The summed E-state index contributed by atoms with van der Waals surface area (Å²) in [6.45, 7) is 4.20. The van der Waals surface area contributed by atoms with E-state index in [9.17, 15) is 0 Å². The molecule has 5 heteroatoms. The third kappa shape index (κ3) is 1.88. The van der Waals surface area contributed by atoms with E-state index in [1.54, 1.807) is 0 Å². The molecule has 1 unspecified atom stereocenters. The van der Waals surface area contributed by atoms with Gasteiger partial charge < -0.3 is 19.2 Å². The van der Waals surface area contributed by atoms with E-state index in [1.807, 2.05) is 11.8 Å². The molecule has 0 amide bonds. The van der Waals surface area contributed by atoms with Crippen molar-refractivity contribution in [3.63, 3.8) is 0 Å². The fourth-order valence-corrected chi connectivity index (χ4v) is 1.51. The summed E-state index contributed by atoms with van der Waals surface area (Å²) >= 11 is 0. The lowest BCUT2D eigenvalue weighted by Crippen LogP contribution is -2.41. The number of rotatable bonds is 2. The van der Waals surface area contributed by atoms with E-state index in [1.165, 1.54) is 6.26 Å². The van der Waals surface area contributed by atoms with Crippen molar-refractivity contribution in [2.24, 2.45) is 0 Å². The fraction of sp³-hybridized carbons (Fsp3) is 0.667. The highest BCUT2D eigenvalue weighted by Crippen LogP contribution is 2.16. The Morgan fingerprint density at radius 1 is 1.71 bits per heavy atom. The van der Waals surface area contributed by atoms with Crippen LogP contribution in [-0.2, 0) is 11.3 Å². The van der Waals surface area contributed by atoms with Crippen molar-refractivity contribution < 1.29 is 14.3 Å². The van der Waals surface area contributed by atoms with Crippen LogP contribution in [0.25, 0.3) is 0 Å². The highest BCUT2D eigenvalue weighted by molar-refractivity contribution is 5.27. The Hall–Kier alpha value is -1.07. The average molecular weight is 198 g/mol. The van der Waals surface area contributed by atoms with Gasteiger partial charge in [-0.3, -0.25) is 0 Å². The topological polar surface area (TPSA) is 58.7 Å². The van der Waals surface area contributed by atoms with Crippen LogP contribution in [0.3, 0.4) is 0 Å². The van der Waals surface area contributed by atoms with Crippen LogP contribution in [0.5, 0.6) is 0 Å². The van der Waals surface area contributed by atoms with E-state index < -0.39 is 0 Å². The molecule has 1 N–H and O–H groups in total. The molecule has 1 aromatic rings. The van der Waals surface area contributed by atoms with Crippen LogP contribution in [0, 0.1) is 0 Å². The van der Waals surface area contributed by atoms with E-state index >= 15 is 0 Å². The highest BCUT2D eigenvalue weighted by atomic mass is 16.5. The molecular formula is C9H14N2O3. The maximum Gasteiger partial charge on any atom is 0.297 e. The molecular weight excluding hydrogens is 184 g/mol. The lowest BCUT2D eigenvalue weighted by Gasteiger charge is -2.29. The van der Waals surface area contributed by atoms with Gasteiger partial charge in [-0.25, -0.2) is 0 Å². The van der Waals surface area contributed by atoms with Gasteiger partial charge in [-0.2, -0.15) is 4.98 Å². The molecule has 0 radical (unpaired) electrons. The van der Waals surface area contributed by atoms with Gasteiger partial charge in [-0.1, -0.05) is 0 Å². The van der Waals surface area contributed by atoms with Crippen molar-refractivity contribution in [3.05, 3.63) is 12.0 Å². The lowest BCUT2D eigenvalue weighted by molar-refractivity contribution is 0.0514. The quantitative estimate of drug-likeness (QED) is 0.745. The van der Waals surface area contributed by atoms with E-state index in [2.05, 4.69) is 4.98 Å². The van der Waals surface area contributed by atoms with Crippen LogP contribution in [0.15, 0.2) is 10.7 Å². The minimum absolute atomic E-state index is 0.0800. The molecule has 14 heavy (non-hydrogen) atoms. The molecule has 1 saturated heterocycles. The number of aliphatic hydroxyl groups is 1. The second kappa shape index (κ2) is 3.98. The number of hydrogen-bond donors (Lipinski definition) is 1. The summed E-state index contributed by atoms with van der Waals surface area (Å²) in [4.78, 5) is 6.16. The van der Waals surface area contributed by atoms with Crippen molar-refractivity contribution in [3.8, 4) is 0 Å². The standard InChI is InChI=1S/C9H14N2O3/c1-7-4-11(2-3-13-7)9-10-8(5-12)6-14-9/h6-7,12H,2-5H2,1H3. The van der Waals surface area contributed by atoms with Crippen LogP contribution in [0.4, 0.5) is 6.01 Å². The number of hydrogen-bond acceptors (Lipinski definition) is 5. The minimum Gasteiger partial charge on any atom is -0.432 e. The predicted octanol–water partition coefficient (Wildman–Crippen LogP) is 0.392. The van der Waals surface area contributed by atoms with Crippen molar-refractivity contribution in [1.29, 1.82) is 0 Å². The van der Waals surface area contributed by atoms with E-state index in [4.69, 9.17) is 14.3 Å².